The third-order valence-corrected chi connectivity index (χ3v) is 5.64. The molecule has 1 aromatic rings. The number of aliphatic carboxylic acids is 1. The molecule has 0 heterocycles. The molecule has 0 unspecified atom stereocenters. The molecule has 9 nitrogen and oxygen atoms in total. The van der Waals surface area contributed by atoms with E-state index >= 15 is 0 Å². The van der Waals surface area contributed by atoms with Gasteiger partial charge in [-0.2, -0.15) is 0 Å². The van der Waals surface area contributed by atoms with Crippen molar-refractivity contribution in [2.24, 2.45) is 11.8 Å². The second kappa shape index (κ2) is 12.8. The number of phenolic OH excluding ortho intramolecular Hbond substituents is 1. The number of carbonyl (C=O) groups is 4. The average molecular weight is 464 g/mol. The number of nitrogens with one attached hydrogen (secondary N) is 2. The van der Waals surface area contributed by atoms with E-state index in [0.717, 1.165) is 0 Å². The number of carbonyl (C=O) groups excluding carboxylic acids is 3. The minimum Gasteiger partial charge on any atom is -0.508 e. The number of rotatable bonds is 12. The van der Waals surface area contributed by atoms with E-state index < -0.39 is 35.9 Å². The summed E-state index contributed by atoms with van der Waals surface area (Å²) in [5.74, 6) is -2.61. The molecule has 3 amide bonds. The van der Waals surface area contributed by atoms with Crippen LogP contribution in [0.4, 0.5) is 0 Å². The van der Waals surface area contributed by atoms with Crippen molar-refractivity contribution < 1.29 is 29.4 Å². The summed E-state index contributed by atoms with van der Waals surface area (Å²) in [5, 5.41) is 24.3. The maximum atomic E-state index is 13.3. The molecule has 0 bridgehead atoms. The van der Waals surface area contributed by atoms with E-state index in [4.69, 9.17) is 0 Å². The van der Waals surface area contributed by atoms with Gasteiger partial charge < -0.3 is 25.7 Å². The van der Waals surface area contributed by atoms with Gasteiger partial charge in [-0.3, -0.25) is 14.4 Å². The van der Waals surface area contributed by atoms with Crippen molar-refractivity contribution in [1.82, 2.24) is 15.5 Å². The third-order valence-electron chi connectivity index (χ3n) is 5.64. The maximum absolute atomic E-state index is 13.3. The number of hydrogen-bond donors (Lipinski definition) is 4. The Morgan fingerprint density at radius 2 is 1.61 bits per heavy atom. The van der Waals surface area contributed by atoms with Gasteiger partial charge in [0.05, 0.1) is 0 Å². The van der Waals surface area contributed by atoms with Crippen molar-refractivity contribution >= 4 is 23.7 Å². The van der Waals surface area contributed by atoms with Gasteiger partial charge in [-0.25, -0.2) is 4.79 Å². The quantitative estimate of drug-likeness (QED) is 0.374. The van der Waals surface area contributed by atoms with Crippen LogP contribution >= 0.6 is 0 Å². The van der Waals surface area contributed by atoms with E-state index in [1.165, 1.54) is 31.0 Å². The first kappa shape index (κ1) is 27.9. The highest BCUT2D eigenvalue weighted by Gasteiger charge is 2.35. The Labute approximate surface area is 195 Å². The molecule has 33 heavy (non-hydrogen) atoms. The molecule has 0 aliphatic heterocycles. The molecule has 0 aromatic heterocycles. The van der Waals surface area contributed by atoms with E-state index in [1.54, 1.807) is 12.1 Å². The fourth-order valence-corrected chi connectivity index (χ4v) is 3.50. The third kappa shape index (κ3) is 8.75. The number of benzene rings is 1. The topological polar surface area (TPSA) is 136 Å². The van der Waals surface area contributed by atoms with Gasteiger partial charge in [0.1, 0.15) is 23.9 Å². The molecular weight excluding hydrogens is 426 g/mol. The van der Waals surface area contributed by atoms with Gasteiger partial charge in [0.15, 0.2) is 0 Å². The van der Waals surface area contributed by atoms with Gasteiger partial charge in [0.25, 0.3) is 0 Å². The largest absolute Gasteiger partial charge is 0.508 e. The van der Waals surface area contributed by atoms with Gasteiger partial charge in [-0.15, -0.1) is 0 Å². The van der Waals surface area contributed by atoms with Crippen LogP contribution in [0, 0.1) is 11.8 Å². The minimum absolute atomic E-state index is 0.0378. The molecule has 0 saturated heterocycles. The average Bonchev–Trinajstić information content (AvgIpc) is 2.74. The summed E-state index contributed by atoms with van der Waals surface area (Å²) in [5.41, 5.74) is 0.683. The first-order chi connectivity index (χ1) is 15.4. The van der Waals surface area contributed by atoms with Crippen molar-refractivity contribution in [3.05, 3.63) is 29.8 Å². The highest BCUT2D eigenvalue weighted by atomic mass is 16.4. The Balaban J connectivity index is 3.27. The van der Waals surface area contributed by atoms with Gasteiger partial charge >= 0.3 is 5.97 Å². The van der Waals surface area contributed by atoms with Crippen LogP contribution in [0.2, 0.25) is 0 Å². The zero-order valence-corrected chi connectivity index (χ0v) is 20.3. The van der Waals surface area contributed by atoms with Crippen LogP contribution in [0.1, 0.15) is 53.0 Å². The van der Waals surface area contributed by atoms with E-state index in [1.807, 2.05) is 27.7 Å². The predicted molar refractivity (Wildman–Crippen MR) is 124 cm³/mol. The lowest BCUT2D eigenvalue weighted by Gasteiger charge is -2.33. The summed E-state index contributed by atoms with van der Waals surface area (Å²) in [6.45, 7) is 8.78. The summed E-state index contributed by atoms with van der Waals surface area (Å²) in [7, 11) is 1.47. The molecule has 0 aliphatic carbocycles. The fraction of sp³-hybridized carbons (Fsp3) is 0.583. The van der Waals surface area contributed by atoms with Crippen LogP contribution in [0.15, 0.2) is 24.3 Å². The zero-order valence-electron chi connectivity index (χ0n) is 20.3. The molecule has 0 spiro atoms. The number of likely N-dealkylation sites (N-methyl/N-ethyl adjacent to an activating group) is 1. The number of carboxylic acids is 1. The summed E-state index contributed by atoms with van der Waals surface area (Å²) < 4.78 is 0. The van der Waals surface area contributed by atoms with Gasteiger partial charge in [0.2, 0.25) is 17.7 Å². The molecule has 0 saturated carbocycles. The molecule has 4 atom stereocenters. The molecule has 9 heteroatoms. The number of hydrogen-bond acceptors (Lipinski definition) is 5. The fourth-order valence-electron chi connectivity index (χ4n) is 3.50. The van der Waals surface area contributed by atoms with Crippen LogP contribution in [0.25, 0.3) is 0 Å². The standard InChI is InChI=1S/C24H37N3O6/c1-7-15(4)21(25-16(5)28)23(31)27(6)20(13-17-8-10-18(29)11-9-17)22(30)26-19(24(32)33)12-14(2)3/h8-11,14-15,19-21,29H,7,12-13H2,1-6H3,(H,25,28)(H,26,30)(H,32,33)/t15-,19+,20-,21+/m1/s1. The molecule has 4 N–H and O–H groups in total. The lowest BCUT2D eigenvalue weighted by atomic mass is 9.96. The normalized spacial score (nSPS) is 14.6. The predicted octanol–water partition coefficient (Wildman–Crippen LogP) is 1.93. The van der Waals surface area contributed by atoms with Crippen LogP contribution in [0.3, 0.4) is 0 Å². The highest BCUT2D eigenvalue weighted by molar-refractivity contribution is 5.93. The van der Waals surface area contributed by atoms with Crippen LogP contribution in [-0.2, 0) is 25.6 Å². The second-order valence-corrected chi connectivity index (χ2v) is 8.93. The number of nitrogens with zero attached hydrogens (tertiary/aromatic N) is 1. The lowest BCUT2D eigenvalue weighted by molar-refractivity contribution is -0.146. The lowest BCUT2D eigenvalue weighted by Crippen LogP contribution is -2.58. The van der Waals surface area contributed by atoms with Crippen molar-refractivity contribution in [3.63, 3.8) is 0 Å². The number of carboxylic acid groups (broad SMARTS) is 1. The van der Waals surface area contributed by atoms with Gasteiger partial charge in [0, 0.05) is 20.4 Å². The Hall–Kier alpha value is -3.10. The Morgan fingerprint density at radius 1 is 1.03 bits per heavy atom. The highest BCUT2D eigenvalue weighted by Crippen LogP contribution is 2.17. The molecule has 184 valence electrons. The molecule has 1 rings (SSSR count). The monoisotopic (exact) mass is 463 g/mol. The van der Waals surface area contributed by atoms with E-state index in [9.17, 15) is 29.4 Å². The smallest absolute Gasteiger partial charge is 0.326 e. The van der Waals surface area contributed by atoms with Gasteiger partial charge in [-0.05, 0) is 36.0 Å². The molecular formula is C24H37N3O6. The minimum atomic E-state index is -1.15. The first-order valence-corrected chi connectivity index (χ1v) is 11.2. The molecule has 1 aromatic carbocycles. The van der Waals surface area contributed by atoms with E-state index in [0.29, 0.717) is 12.0 Å². The van der Waals surface area contributed by atoms with E-state index in [2.05, 4.69) is 10.6 Å². The molecule has 0 radical (unpaired) electrons. The van der Waals surface area contributed by atoms with Crippen LogP contribution < -0.4 is 10.6 Å². The van der Waals surface area contributed by atoms with Crippen molar-refractivity contribution in [2.45, 2.75) is 72.0 Å². The van der Waals surface area contributed by atoms with Crippen molar-refractivity contribution in [1.29, 1.82) is 0 Å². The number of aromatic hydroxyl groups is 1. The summed E-state index contributed by atoms with van der Waals surface area (Å²) >= 11 is 0. The van der Waals surface area contributed by atoms with Crippen molar-refractivity contribution in [2.75, 3.05) is 7.05 Å². The van der Waals surface area contributed by atoms with Crippen molar-refractivity contribution in [3.8, 4) is 5.75 Å². The Bertz CT molecular complexity index is 824. The maximum Gasteiger partial charge on any atom is 0.326 e. The summed E-state index contributed by atoms with van der Waals surface area (Å²) in [6, 6.07) is 3.29. The second-order valence-electron chi connectivity index (χ2n) is 8.93. The van der Waals surface area contributed by atoms with Gasteiger partial charge in [-0.1, -0.05) is 46.2 Å². The summed E-state index contributed by atoms with van der Waals surface area (Å²) in [6.07, 6.45) is 0.983. The first-order valence-electron chi connectivity index (χ1n) is 11.2. The number of phenols is 1. The number of amides is 3. The summed E-state index contributed by atoms with van der Waals surface area (Å²) in [4.78, 5) is 51.2. The van der Waals surface area contributed by atoms with Crippen LogP contribution in [0.5, 0.6) is 5.75 Å². The van der Waals surface area contributed by atoms with Crippen LogP contribution in [-0.4, -0.2) is 64.0 Å². The molecule has 0 aliphatic rings. The van der Waals surface area contributed by atoms with E-state index in [-0.39, 0.29) is 36.3 Å². The Morgan fingerprint density at radius 3 is 2.06 bits per heavy atom. The zero-order chi connectivity index (χ0) is 25.3. The molecule has 0 fully saturated rings. The Kier molecular flexibility index (Phi) is 10.8. The SMILES string of the molecule is CC[C@@H](C)[C@H](NC(C)=O)C(=O)N(C)[C@H](Cc1ccc(O)cc1)C(=O)N[C@@H](CC(C)C)C(=O)O.